The van der Waals surface area contributed by atoms with Crippen LogP contribution in [0.4, 0.5) is 14.5 Å². The van der Waals surface area contributed by atoms with E-state index in [0.717, 1.165) is 6.07 Å². The number of hydrogen-bond acceptors (Lipinski definition) is 2. The number of halogens is 2. The van der Waals surface area contributed by atoms with Gasteiger partial charge in [0.25, 0.3) is 0 Å². The molecule has 0 atom stereocenters. The summed E-state index contributed by atoms with van der Waals surface area (Å²) in [7, 11) is 1.71. The summed E-state index contributed by atoms with van der Waals surface area (Å²) in [5.41, 5.74) is 0.869. The largest absolute Gasteiger partial charge is 0.478 e. The molecular weight excluding hydrogens is 264 g/mol. The van der Waals surface area contributed by atoms with Crippen LogP contribution in [0.3, 0.4) is 0 Å². The molecule has 0 saturated carbocycles. The fourth-order valence-electron chi connectivity index (χ4n) is 1.87. The lowest BCUT2D eigenvalue weighted by Crippen LogP contribution is -2.17. The second kappa shape index (κ2) is 5.69. The average molecular weight is 277 g/mol. The lowest BCUT2D eigenvalue weighted by Gasteiger charge is -2.19. The van der Waals surface area contributed by atoms with Crippen molar-refractivity contribution in [1.82, 2.24) is 0 Å². The second-order valence-electron chi connectivity index (χ2n) is 4.45. The van der Waals surface area contributed by atoms with Crippen molar-refractivity contribution in [2.75, 3.05) is 11.9 Å². The third-order valence-corrected chi connectivity index (χ3v) is 2.96. The molecular formula is C15H13F2NO2. The van der Waals surface area contributed by atoms with Crippen molar-refractivity contribution in [2.24, 2.45) is 0 Å². The Balaban J connectivity index is 2.19. The van der Waals surface area contributed by atoms with Crippen LogP contribution >= 0.6 is 0 Å². The van der Waals surface area contributed by atoms with Gasteiger partial charge in [0.2, 0.25) is 0 Å². The molecule has 2 aromatic carbocycles. The van der Waals surface area contributed by atoms with Crippen molar-refractivity contribution < 1.29 is 18.7 Å². The Morgan fingerprint density at radius 2 is 1.95 bits per heavy atom. The quantitative estimate of drug-likeness (QED) is 0.932. The van der Waals surface area contributed by atoms with Gasteiger partial charge in [0.1, 0.15) is 11.6 Å². The van der Waals surface area contributed by atoms with Gasteiger partial charge in [-0.3, -0.25) is 0 Å². The van der Waals surface area contributed by atoms with E-state index in [4.69, 9.17) is 5.11 Å². The van der Waals surface area contributed by atoms with Gasteiger partial charge < -0.3 is 10.0 Å². The normalized spacial score (nSPS) is 10.3. The van der Waals surface area contributed by atoms with Gasteiger partial charge >= 0.3 is 5.97 Å². The molecule has 0 unspecified atom stereocenters. The standard InChI is InChI=1S/C15H13F2NO2/c1-18(13-4-2-3-12(16)8-13)9-11-6-5-10(15(19)20)7-14(11)17/h2-8H,9H2,1H3,(H,19,20). The maximum Gasteiger partial charge on any atom is 0.335 e. The molecule has 0 fully saturated rings. The Morgan fingerprint density at radius 1 is 1.20 bits per heavy atom. The highest BCUT2D eigenvalue weighted by molar-refractivity contribution is 5.87. The summed E-state index contributed by atoms with van der Waals surface area (Å²) >= 11 is 0. The number of carboxylic acid groups (broad SMARTS) is 1. The topological polar surface area (TPSA) is 40.5 Å². The number of nitrogens with zero attached hydrogens (tertiary/aromatic N) is 1. The van der Waals surface area contributed by atoms with E-state index in [9.17, 15) is 13.6 Å². The first kappa shape index (κ1) is 14.0. The van der Waals surface area contributed by atoms with Crippen LogP contribution in [0.5, 0.6) is 0 Å². The van der Waals surface area contributed by atoms with Crippen LogP contribution < -0.4 is 4.90 Å². The predicted octanol–water partition coefficient (Wildman–Crippen LogP) is 3.30. The molecule has 2 aromatic rings. The Hall–Kier alpha value is -2.43. The molecule has 0 aliphatic rings. The third-order valence-electron chi connectivity index (χ3n) is 2.96. The number of hydrogen-bond donors (Lipinski definition) is 1. The highest BCUT2D eigenvalue weighted by atomic mass is 19.1. The van der Waals surface area contributed by atoms with E-state index in [1.54, 1.807) is 24.1 Å². The fraction of sp³-hybridized carbons (Fsp3) is 0.133. The molecule has 1 N–H and O–H groups in total. The van der Waals surface area contributed by atoms with Gasteiger partial charge in [-0.15, -0.1) is 0 Å². The maximum absolute atomic E-state index is 13.8. The molecule has 0 amide bonds. The summed E-state index contributed by atoms with van der Waals surface area (Å²) < 4.78 is 26.9. The molecule has 0 aliphatic carbocycles. The van der Waals surface area contributed by atoms with Crippen molar-refractivity contribution >= 4 is 11.7 Å². The lowest BCUT2D eigenvalue weighted by molar-refractivity contribution is 0.0696. The fourth-order valence-corrected chi connectivity index (χ4v) is 1.87. The molecule has 20 heavy (non-hydrogen) atoms. The number of carbonyl (C=O) groups is 1. The highest BCUT2D eigenvalue weighted by Gasteiger charge is 2.10. The molecule has 0 aromatic heterocycles. The number of rotatable bonds is 4. The van der Waals surface area contributed by atoms with Crippen molar-refractivity contribution in [3.8, 4) is 0 Å². The van der Waals surface area contributed by atoms with Crippen molar-refractivity contribution in [3.05, 3.63) is 65.2 Å². The first-order valence-electron chi connectivity index (χ1n) is 5.96. The zero-order chi connectivity index (χ0) is 14.7. The average Bonchev–Trinajstić information content (AvgIpc) is 2.40. The Bertz CT molecular complexity index is 644. The molecule has 0 spiro atoms. The van der Waals surface area contributed by atoms with Gasteiger partial charge in [0, 0.05) is 24.8 Å². The van der Waals surface area contributed by atoms with Crippen LogP contribution in [0, 0.1) is 11.6 Å². The summed E-state index contributed by atoms with van der Waals surface area (Å²) in [6.45, 7) is 0.217. The SMILES string of the molecule is CN(Cc1ccc(C(=O)O)cc1F)c1cccc(F)c1. The number of benzene rings is 2. The van der Waals surface area contributed by atoms with Crippen LogP contribution in [-0.2, 0) is 6.54 Å². The Labute approximate surface area is 115 Å². The van der Waals surface area contributed by atoms with Crippen LogP contribution in [0.2, 0.25) is 0 Å². The van der Waals surface area contributed by atoms with Gasteiger partial charge in [-0.25, -0.2) is 13.6 Å². The highest BCUT2D eigenvalue weighted by Crippen LogP contribution is 2.18. The zero-order valence-electron chi connectivity index (χ0n) is 10.8. The Kier molecular flexibility index (Phi) is 3.98. The first-order valence-corrected chi connectivity index (χ1v) is 5.96. The summed E-state index contributed by atoms with van der Waals surface area (Å²) in [6, 6.07) is 9.73. The van der Waals surface area contributed by atoms with Crippen LogP contribution in [0.15, 0.2) is 42.5 Å². The van der Waals surface area contributed by atoms with E-state index in [-0.39, 0.29) is 17.9 Å². The van der Waals surface area contributed by atoms with Gasteiger partial charge in [0.15, 0.2) is 0 Å². The van der Waals surface area contributed by atoms with Crippen molar-refractivity contribution in [1.29, 1.82) is 0 Å². The molecule has 104 valence electrons. The van der Waals surface area contributed by atoms with Crippen molar-refractivity contribution in [3.63, 3.8) is 0 Å². The minimum absolute atomic E-state index is 0.0975. The molecule has 2 rings (SSSR count). The lowest BCUT2D eigenvalue weighted by atomic mass is 10.1. The minimum atomic E-state index is -1.17. The molecule has 0 saturated heterocycles. The number of carboxylic acids is 1. The van der Waals surface area contributed by atoms with Gasteiger partial charge in [-0.05, 0) is 30.3 Å². The van der Waals surface area contributed by atoms with E-state index in [0.29, 0.717) is 11.3 Å². The van der Waals surface area contributed by atoms with E-state index < -0.39 is 11.8 Å². The van der Waals surface area contributed by atoms with Gasteiger partial charge in [-0.2, -0.15) is 0 Å². The first-order chi connectivity index (χ1) is 9.47. The Morgan fingerprint density at radius 3 is 2.55 bits per heavy atom. The maximum atomic E-state index is 13.8. The van der Waals surface area contributed by atoms with E-state index >= 15 is 0 Å². The molecule has 5 heteroatoms. The number of anilines is 1. The molecule has 0 aliphatic heterocycles. The van der Waals surface area contributed by atoms with Crippen LogP contribution in [-0.4, -0.2) is 18.1 Å². The summed E-state index contributed by atoms with van der Waals surface area (Å²) in [4.78, 5) is 12.4. The van der Waals surface area contributed by atoms with E-state index in [1.807, 2.05) is 0 Å². The predicted molar refractivity (Wildman–Crippen MR) is 71.9 cm³/mol. The number of aromatic carboxylic acids is 1. The van der Waals surface area contributed by atoms with E-state index in [1.165, 1.54) is 24.3 Å². The van der Waals surface area contributed by atoms with Gasteiger partial charge in [-0.1, -0.05) is 12.1 Å². The summed E-state index contributed by atoms with van der Waals surface area (Å²) in [5.74, 6) is -2.13. The van der Waals surface area contributed by atoms with E-state index in [2.05, 4.69) is 0 Å². The van der Waals surface area contributed by atoms with Crippen LogP contribution in [0.25, 0.3) is 0 Å². The second-order valence-corrected chi connectivity index (χ2v) is 4.45. The monoisotopic (exact) mass is 277 g/mol. The zero-order valence-corrected chi connectivity index (χ0v) is 10.8. The van der Waals surface area contributed by atoms with Crippen molar-refractivity contribution in [2.45, 2.75) is 6.54 Å². The molecule has 0 heterocycles. The summed E-state index contributed by atoms with van der Waals surface area (Å²) in [5, 5.41) is 8.77. The molecule has 0 radical (unpaired) electrons. The molecule has 0 bridgehead atoms. The summed E-state index contributed by atoms with van der Waals surface area (Å²) in [6.07, 6.45) is 0. The third kappa shape index (κ3) is 3.12. The van der Waals surface area contributed by atoms with Gasteiger partial charge in [0.05, 0.1) is 5.56 Å². The molecule has 3 nitrogen and oxygen atoms in total. The van der Waals surface area contributed by atoms with Crippen LogP contribution in [0.1, 0.15) is 15.9 Å². The smallest absolute Gasteiger partial charge is 0.335 e. The minimum Gasteiger partial charge on any atom is -0.478 e.